The molecule has 11 heteroatoms. The first-order valence-electron chi connectivity index (χ1n) is 7.84. The van der Waals surface area contributed by atoms with Gasteiger partial charge in [-0.05, 0) is 12.1 Å². The fraction of sp³-hybridized carbons (Fsp3) is 0.438. The molecule has 1 aromatic heterocycles. The predicted octanol–water partition coefficient (Wildman–Crippen LogP) is 0.0236. The molecule has 5 atom stereocenters. The minimum atomic E-state index is -4.75. The van der Waals surface area contributed by atoms with E-state index in [0.717, 1.165) is 12.1 Å². The molecule has 2 heterocycles. The van der Waals surface area contributed by atoms with Crippen molar-refractivity contribution in [3.63, 3.8) is 0 Å². The van der Waals surface area contributed by atoms with Crippen LogP contribution in [0, 0.1) is 0 Å². The van der Waals surface area contributed by atoms with Gasteiger partial charge in [0.05, 0.1) is 12.2 Å². The minimum absolute atomic E-state index is 0.103. The van der Waals surface area contributed by atoms with E-state index < -0.39 is 54.6 Å². The van der Waals surface area contributed by atoms with Gasteiger partial charge >= 0.3 is 11.8 Å². The van der Waals surface area contributed by atoms with E-state index in [1.54, 1.807) is 0 Å². The van der Waals surface area contributed by atoms with Crippen molar-refractivity contribution in [1.29, 1.82) is 0 Å². The van der Waals surface area contributed by atoms with Crippen molar-refractivity contribution in [2.75, 3.05) is 11.9 Å². The van der Waals surface area contributed by atoms with Crippen LogP contribution in [0.25, 0.3) is 11.0 Å². The highest BCUT2D eigenvalue weighted by Crippen LogP contribution is 2.35. The van der Waals surface area contributed by atoms with Gasteiger partial charge in [0.1, 0.15) is 29.9 Å². The van der Waals surface area contributed by atoms with Gasteiger partial charge in [0, 0.05) is 23.2 Å². The second kappa shape index (κ2) is 7.09. The Labute approximate surface area is 149 Å². The monoisotopic (exact) mass is 391 g/mol. The number of hydrogen-bond donors (Lipinski definition) is 5. The van der Waals surface area contributed by atoms with E-state index in [-0.39, 0.29) is 16.7 Å². The summed E-state index contributed by atoms with van der Waals surface area (Å²) in [4.78, 5) is 11.4. The second-order valence-electron chi connectivity index (χ2n) is 6.09. The van der Waals surface area contributed by atoms with Crippen LogP contribution in [0.5, 0.6) is 0 Å². The van der Waals surface area contributed by atoms with Crippen LogP contribution in [0.3, 0.4) is 0 Å². The van der Waals surface area contributed by atoms with E-state index in [0.29, 0.717) is 6.07 Å². The Balaban J connectivity index is 1.93. The average molecular weight is 391 g/mol. The summed E-state index contributed by atoms with van der Waals surface area (Å²) in [5.74, 6) is 0. The molecule has 0 amide bonds. The van der Waals surface area contributed by atoms with Gasteiger partial charge in [-0.3, -0.25) is 0 Å². The number of aliphatic hydroxyl groups is 4. The molecule has 0 spiro atoms. The van der Waals surface area contributed by atoms with E-state index >= 15 is 0 Å². The van der Waals surface area contributed by atoms with Gasteiger partial charge in [-0.25, -0.2) is 4.79 Å². The Morgan fingerprint density at radius 3 is 2.44 bits per heavy atom. The van der Waals surface area contributed by atoms with Gasteiger partial charge in [-0.15, -0.1) is 0 Å². The van der Waals surface area contributed by atoms with Gasteiger partial charge in [-0.2, -0.15) is 13.2 Å². The summed E-state index contributed by atoms with van der Waals surface area (Å²) in [5, 5.41) is 41.2. The van der Waals surface area contributed by atoms with E-state index in [1.165, 1.54) is 6.07 Å². The molecule has 0 saturated carbocycles. The van der Waals surface area contributed by atoms with E-state index in [9.17, 15) is 33.3 Å². The van der Waals surface area contributed by atoms with Crippen molar-refractivity contribution in [1.82, 2.24) is 0 Å². The Kier molecular flexibility index (Phi) is 5.14. The zero-order chi connectivity index (χ0) is 19.9. The van der Waals surface area contributed by atoms with E-state index in [4.69, 9.17) is 14.3 Å². The number of alkyl halides is 3. The molecule has 148 valence electrons. The first-order valence-corrected chi connectivity index (χ1v) is 7.84. The van der Waals surface area contributed by atoms with Crippen molar-refractivity contribution in [3.05, 3.63) is 40.2 Å². The summed E-state index contributed by atoms with van der Waals surface area (Å²) in [6.07, 6.45) is -10.6. The third-order valence-corrected chi connectivity index (χ3v) is 4.28. The Hall–Kier alpha value is -2.18. The number of hydrogen-bond acceptors (Lipinski definition) is 8. The first-order chi connectivity index (χ1) is 12.6. The summed E-state index contributed by atoms with van der Waals surface area (Å²) in [7, 11) is 0. The van der Waals surface area contributed by atoms with Crippen LogP contribution in [-0.2, 0) is 10.9 Å². The van der Waals surface area contributed by atoms with Gasteiger partial charge < -0.3 is 34.9 Å². The number of halogens is 3. The Morgan fingerprint density at radius 2 is 1.81 bits per heavy atom. The maximum atomic E-state index is 13.1. The zero-order valence-electron chi connectivity index (χ0n) is 13.6. The van der Waals surface area contributed by atoms with Crippen LogP contribution in [-0.4, -0.2) is 57.7 Å². The van der Waals surface area contributed by atoms with Crippen LogP contribution in [0.4, 0.5) is 18.9 Å². The number of fused-ring (bicyclic) bond motifs is 1. The first kappa shape index (κ1) is 19.6. The highest BCUT2D eigenvalue weighted by Gasteiger charge is 2.43. The minimum Gasteiger partial charge on any atom is -0.423 e. The van der Waals surface area contributed by atoms with Crippen molar-refractivity contribution in [2.24, 2.45) is 0 Å². The number of ether oxygens (including phenoxy) is 1. The maximum absolute atomic E-state index is 13.1. The zero-order valence-corrected chi connectivity index (χ0v) is 13.6. The molecule has 3 rings (SSSR count). The lowest BCUT2D eigenvalue weighted by Crippen LogP contribution is -2.61. The number of benzene rings is 1. The molecular formula is C16H16F3NO7. The van der Waals surface area contributed by atoms with Crippen LogP contribution >= 0.6 is 0 Å². The topological polar surface area (TPSA) is 132 Å². The van der Waals surface area contributed by atoms with Gasteiger partial charge in [0.15, 0.2) is 6.29 Å². The molecular weight excluding hydrogens is 375 g/mol. The summed E-state index contributed by atoms with van der Waals surface area (Å²) in [6.45, 7) is -0.636. The SMILES string of the molecule is O=c1cc(C(F)(F)F)c2ccc(NC3[C@H](O)OC(CO)[C@@H](O)[C@@H]3O)cc2o1. The van der Waals surface area contributed by atoms with Crippen LogP contribution < -0.4 is 10.9 Å². The second-order valence-corrected chi connectivity index (χ2v) is 6.09. The number of anilines is 1. The van der Waals surface area contributed by atoms with Crippen LogP contribution in [0.2, 0.25) is 0 Å². The number of aliphatic hydroxyl groups excluding tert-OH is 4. The van der Waals surface area contributed by atoms with Crippen molar-refractivity contribution < 1.29 is 42.8 Å². The molecule has 1 fully saturated rings. The van der Waals surface area contributed by atoms with Gasteiger partial charge in [0.2, 0.25) is 0 Å². The average Bonchev–Trinajstić information content (AvgIpc) is 2.60. The summed E-state index contributed by atoms with van der Waals surface area (Å²) >= 11 is 0. The lowest BCUT2D eigenvalue weighted by atomic mass is 9.96. The Morgan fingerprint density at radius 1 is 1.11 bits per heavy atom. The Bertz CT molecular complexity index is 884. The predicted molar refractivity (Wildman–Crippen MR) is 84.9 cm³/mol. The fourth-order valence-electron chi connectivity index (χ4n) is 2.93. The highest BCUT2D eigenvalue weighted by molar-refractivity contribution is 5.84. The van der Waals surface area contributed by atoms with Gasteiger partial charge in [-0.1, -0.05) is 0 Å². The fourth-order valence-corrected chi connectivity index (χ4v) is 2.93. The standard InChI is InChI=1S/C16H16F3NO7/c17-16(18,19)8-4-11(22)26-9-3-6(1-2-7(8)9)20-12-14(24)13(23)10(5-21)27-15(12)25/h1-4,10,12-15,20-21,23-25H,5H2/t10?,12?,13-,14-,15-/m1/s1. The molecule has 0 bridgehead atoms. The molecule has 0 aliphatic carbocycles. The molecule has 1 aliphatic heterocycles. The largest absolute Gasteiger partial charge is 0.423 e. The summed E-state index contributed by atoms with van der Waals surface area (Å²) in [6, 6.07) is 2.48. The lowest BCUT2D eigenvalue weighted by Gasteiger charge is -2.40. The number of rotatable bonds is 3. The van der Waals surface area contributed by atoms with Crippen molar-refractivity contribution in [3.8, 4) is 0 Å². The smallest absolute Gasteiger partial charge is 0.417 e. The third kappa shape index (κ3) is 3.77. The highest BCUT2D eigenvalue weighted by atomic mass is 19.4. The van der Waals surface area contributed by atoms with Crippen molar-refractivity contribution in [2.45, 2.75) is 36.8 Å². The molecule has 2 aromatic rings. The van der Waals surface area contributed by atoms with Crippen molar-refractivity contribution >= 4 is 16.7 Å². The summed E-state index contributed by atoms with van der Waals surface area (Å²) < 4.78 is 49.0. The molecule has 8 nitrogen and oxygen atoms in total. The normalized spacial score (nSPS) is 29.1. The molecule has 2 unspecified atom stereocenters. The quantitative estimate of drug-likeness (QED) is 0.463. The molecule has 1 saturated heterocycles. The molecule has 1 aromatic carbocycles. The van der Waals surface area contributed by atoms with Crippen LogP contribution in [0.1, 0.15) is 5.56 Å². The molecule has 1 aliphatic rings. The summed E-state index contributed by atoms with van der Waals surface area (Å²) in [5.41, 5.74) is -2.59. The molecule has 5 N–H and O–H groups in total. The maximum Gasteiger partial charge on any atom is 0.417 e. The molecule has 27 heavy (non-hydrogen) atoms. The van der Waals surface area contributed by atoms with E-state index in [2.05, 4.69) is 5.32 Å². The number of nitrogens with one attached hydrogen (secondary N) is 1. The van der Waals surface area contributed by atoms with E-state index in [1.807, 2.05) is 0 Å². The molecule has 0 radical (unpaired) electrons. The van der Waals surface area contributed by atoms with Crippen LogP contribution in [0.15, 0.2) is 33.5 Å². The van der Waals surface area contributed by atoms with Gasteiger partial charge in [0.25, 0.3) is 0 Å². The lowest BCUT2D eigenvalue weighted by molar-refractivity contribution is -0.245. The third-order valence-electron chi connectivity index (χ3n) is 4.28.